The van der Waals surface area contributed by atoms with E-state index in [9.17, 15) is 8.78 Å². The number of halogens is 2. The first-order valence-corrected chi connectivity index (χ1v) is 5.55. The van der Waals surface area contributed by atoms with E-state index in [1.165, 1.54) is 18.5 Å². The number of rotatable bonds is 1. The number of benzene rings is 1. The van der Waals surface area contributed by atoms with Crippen LogP contribution in [0.15, 0.2) is 30.7 Å². The number of hydrogen-bond acceptors (Lipinski definition) is 4. The normalized spacial score (nSPS) is 10.9. The summed E-state index contributed by atoms with van der Waals surface area (Å²) in [6.45, 7) is 1.78. The molecule has 1 aromatic carbocycles. The lowest BCUT2D eigenvalue weighted by molar-refractivity contribution is 0.585. The first-order valence-electron chi connectivity index (χ1n) is 5.55. The highest BCUT2D eigenvalue weighted by Crippen LogP contribution is 2.25. The molecule has 0 radical (unpaired) electrons. The van der Waals surface area contributed by atoms with Crippen LogP contribution in [0.2, 0.25) is 0 Å². The Hall–Kier alpha value is -2.50. The highest BCUT2D eigenvalue weighted by Gasteiger charge is 2.13. The fraction of sp³-hybridized carbons (Fsp3) is 0.0769. The largest absolute Gasteiger partial charge is 0.249 e. The van der Waals surface area contributed by atoms with E-state index in [2.05, 4.69) is 19.9 Å². The molecule has 2 heterocycles. The zero-order valence-corrected chi connectivity index (χ0v) is 9.93. The fourth-order valence-electron chi connectivity index (χ4n) is 1.80. The van der Waals surface area contributed by atoms with Crippen molar-refractivity contribution in [2.24, 2.45) is 0 Å². The Morgan fingerprint density at radius 1 is 1.05 bits per heavy atom. The Bertz CT molecular complexity index is 774. The summed E-state index contributed by atoms with van der Waals surface area (Å²) in [5.74, 6) is -1.33. The summed E-state index contributed by atoms with van der Waals surface area (Å²) in [6.07, 6.45) is 2.84. The maximum absolute atomic E-state index is 13.8. The van der Waals surface area contributed by atoms with E-state index in [0.717, 1.165) is 6.07 Å². The molecule has 0 bridgehead atoms. The van der Waals surface area contributed by atoms with Gasteiger partial charge in [0.1, 0.15) is 29.2 Å². The summed E-state index contributed by atoms with van der Waals surface area (Å²) >= 11 is 0. The van der Waals surface area contributed by atoms with Gasteiger partial charge in [-0.2, -0.15) is 0 Å². The van der Waals surface area contributed by atoms with Crippen LogP contribution < -0.4 is 0 Å². The Morgan fingerprint density at radius 2 is 1.89 bits per heavy atom. The van der Waals surface area contributed by atoms with Crippen LogP contribution in [0.25, 0.3) is 22.4 Å². The van der Waals surface area contributed by atoms with Crippen molar-refractivity contribution < 1.29 is 8.78 Å². The van der Waals surface area contributed by atoms with Gasteiger partial charge in [-0.15, -0.1) is 0 Å². The molecule has 0 aliphatic rings. The van der Waals surface area contributed by atoms with Crippen LogP contribution in [-0.2, 0) is 0 Å². The third-order valence-corrected chi connectivity index (χ3v) is 2.65. The van der Waals surface area contributed by atoms with Crippen molar-refractivity contribution in [3.05, 3.63) is 48.1 Å². The Morgan fingerprint density at radius 3 is 2.68 bits per heavy atom. The van der Waals surface area contributed by atoms with Crippen molar-refractivity contribution >= 4 is 11.2 Å². The molecule has 0 spiro atoms. The highest BCUT2D eigenvalue weighted by atomic mass is 19.1. The van der Waals surface area contributed by atoms with Crippen molar-refractivity contribution in [3.8, 4) is 11.3 Å². The van der Waals surface area contributed by atoms with Gasteiger partial charge in [0, 0.05) is 17.8 Å². The summed E-state index contributed by atoms with van der Waals surface area (Å²) in [6, 6.07) is 3.31. The molecule has 94 valence electrons. The second-order valence-corrected chi connectivity index (χ2v) is 4.03. The third kappa shape index (κ3) is 2.01. The molecule has 0 saturated carbocycles. The Kier molecular flexibility index (Phi) is 2.63. The molecule has 0 saturated heterocycles. The van der Waals surface area contributed by atoms with E-state index in [0.29, 0.717) is 22.6 Å². The topological polar surface area (TPSA) is 51.6 Å². The van der Waals surface area contributed by atoms with E-state index < -0.39 is 11.6 Å². The summed E-state index contributed by atoms with van der Waals surface area (Å²) < 4.78 is 26.7. The molecular formula is C13H8F2N4. The standard InChI is InChI=1S/C13H8F2N4/c1-7-5-16-12-11(17-6-18-13(12)19-7)9-3-2-8(14)4-10(9)15/h2-6H,1H3. The van der Waals surface area contributed by atoms with Crippen LogP contribution >= 0.6 is 0 Å². The van der Waals surface area contributed by atoms with E-state index in [4.69, 9.17) is 0 Å². The lowest BCUT2D eigenvalue weighted by Crippen LogP contribution is -1.97. The molecule has 0 N–H and O–H groups in total. The number of aromatic nitrogens is 4. The SMILES string of the molecule is Cc1cnc2c(-c3ccc(F)cc3F)ncnc2n1. The van der Waals surface area contributed by atoms with Gasteiger partial charge in [-0.05, 0) is 19.1 Å². The van der Waals surface area contributed by atoms with Crippen LogP contribution in [0.3, 0.4) is 0 Å². The van der Waals surface area contributed by atoms with Crippen molar-refractivity contribution in [2.45, 2.75) is 6.92 Å². The van der Waals surface area contributed by atoms with Crippen LogP contribution in [0.4, 0.5) is 8.78 Å². The highest BCUT2D eigenvalue weighted by molar-refractivity contribution is 5.86. The minimum atomic E-state index is -0.692. The first-order chi connectivity index (χ1) is 9.15. The van der Waals surface area contributed by atoms with Crippen LogP contribution in [-0.4, -0.2) is 19.9 Å². The van der Waals surface area contributed by atoms with Crippen molar-refractivity contribution in [1.29, 1.82) is 0 Å². The van der Waals surface area contributed by atoms with Gasteiger partial charge >= 0.3 is 0 Å². The quantitative estimate of drug-likeness (QED) is 0.673. The van der Waals surface area contributed by atoms with Gasteiger partial charge in [0.25, 0.3) is 0 Å². The van der Waals surface area contributed by atoms with Gasteiger partial charge in [0.15, 0.2) is 5.65 Å². The molecule has 0 unspecified atom stereocenters. The van der Waals surface area contributed by atoms with Crippen molar-refractivity contribution in [1.82, 2.24) is 19.9 Å². The number of hydrogen-bond donors (Lipinski definition) is 0. The molecule has 0 aliphatic heterocycles. The summed E-state index contributed by atoms with van der Waals surface area (Å²) in [5, 5.41) is 0. The van der Waals surface area contributed by atoms with Crippen LogP contribution in [0.1, 0.15) is 5.69 Å². The molecule has 0 amide bonds. The van der Waals surface area contributed by atoms with E-state index in [1.807, 2.05) is 0 Å². The zero-order chi connectivity index (χ0) is 13.4. The van der Waals surface area contributed by atoms with Gasteiger partial charge in [0.2, 0.25) is 0 Å². The summed E-state index contributed by atoms with van der Waals surface area (Å²) in [4.78, 5) is 16.4. The first kappa shape index (κ1) is 11.6. The van der Waals surface area contributed by atoms with E-state index in [-0.39, 0.29) is 5.56 Å². The van der Waals surface area contributed by atoms with Gasteiger partial charge in [0.05, 0.1) is 5.69 Å². The van der Waals surface area contributed by atoms with Crippen LogP contribution in [0, 0.1) is 18.6 Å². The predicted molar refractivity (Wildman–Crippen MR) is 65.2 cm³/mol. The second-order valence-electron chi connectivity index (χ2n) is 4.03. The monoisotopic (exact) mass is 258 g/mol. The molecule has 3 rings (SSSR count). The van der Waals surface area contributed by atoms with Gasteiger partial charge in [-0.3, -0.25) is 0 Å². The van der Waals surface area contributed by atoms with Crippen molar-refractivity contribution in [3.63, 3.8) is 0 Å². The molecule has 19 heavy (non-hydrogen) atoms. The minimum absolute atomic E-state index is 0.173. The fourth-order valence-corrected chi connectivity index (χ4v) is 1.80. The number of fused-ring (bicyclic) bond motifs is 1. The lowest BCUT2D eigenvalue weighted by atomic mass is 10.1. The predicted octanol–water partition coefficient (Wildman–Crippen LogP) is 2.67. The molecule has 2 aromatic heterocycles. The maximum atomic E-state index is 13.8. The summed E-state index contributed by atoms with van der Waals surface area (Å²) in [5.41, 5.74) is 1.95. The molecule has 6 heteroatoms. The Labute approximate surface area is 107 Å². The maximum Gasteiger partial charge on any atom is 0.182 e. The smallest absolute Gasteiger partial charge is 0.182 e. The lowest BCUT2D eigenvalue weighted by Gasteiger charge is -2.05. The molecular weight excluding hydrogens is 250 g/mol. The van der Waals surface area contributed by atoms with Gasteiger partial charge in [-0.25, -0.2) is 28.7 Å². The third-order valence-electron chi connectivity index (χ3n) is 2.65. The van der Waals surface area contributed by atoms with E-state index >= 15 is 0 Å². The molecule has 4 nitrogen and oxygen atoms in total. The Balaban J connectivity index is 2.30. The summed E-state index contributed by atoms with van der Waals surface area (Å²) in [7, 11) is 0. The zero-order valence-electron chi connectivity index (χ0n) is 9.93. The molecule has 3 aromatic rings. The molecule has 0 aliphatic carbocycles. The molecule has 0 atom stereocenters. The average molecular weight is 258 g/mol. The van der Waals surface area contributed by atoms with E-state index in [1.54, 1.807) is 13.1 Å². The number of aryl methyl sites for hydroxylation is 1. The minimum Gasteiger partial charge on any atom is -0.249 e. The van der Waals surface area contributed by atoms with Gasteiger partial charge < -0.3 is 0 Å². The second kappa shape index (κ2) is 4.31. The van der Waals surface area contributed by atoms with Gasteiger partial charge in [-0.1, -0.05) is 0 Å². The molecule has 0 fully saturated rings. The average Bonchev–Trinajstić information content (AvgIpc) is 2.38. The van der Waals surface area contributed by atoms with Crippen LogP contribution in [0.5, 0.6) is 0 Å². The number of nitrogens with zero attached hydrogens (tertiary/aromatic N) is 4. The van der Waals surface area contributed by atoms with Crippen molar-refractivity contribution in [2.75, 3.05) is 0 Å².